The maximum Gasteiger partial charge on any atom is 0.257 e. The summed E-state index contributed by atoms with van der Waals surface area (Å²) < 4.78 is 12.8. The summed E-state index contributed by atoms with van der Waals surface area (Å²) in [4.78, 5) is 24.6. The SMILES string of the molecule is O=C(NCc1ccc(F)cc1)C1=CNC2CCCC=C2C1=O. The molecule has 22 heavy (non-hydrogen) atoms. The van der Waals surface area contributed by atoms with E-state index in [0.717, 1.165) is 24.8 Å². The van der Waals surface area contributed by atoms with E-state index in [1.807, 2.05) is 6.08 Å². The number of carbonyl (C=O) groups is 2. The summed E-state index contributed by atoms with van der Waals surface area (Å²) in [6.07, 6.45) is 6.27. The fraction of sp³-hybridized carbons (Fsp3) is 0.294. The van der Waals surface area contributed by atoms with Crippen LogP contribution in [0.1, 0.15) is 24.8 Å². The van der Waals surface area contributed by atoms with Crippen LogP contribution >= 0.6 is 0 Å². The van der Waals surface area contributed by atoms with Crippen molar-refractivity contribution < 1.29 is 14.0 Å². The van der Waals surface area contributed by atoms with E-state index in [1.165, 1.54) is 18.3 Å². The van der Waals surface area contributed by atoms with E-state index < -0.39 is 5.91 Å². The molecule has 4 nitrogen and oxygen atoms in total. The van der Waals surface area contributed by atoms with Gasteiger partial charge in [0.15, 0.2) is 5.78 Å². The Bertz CT molecular complexity index is 662. The van der Waals surface area contributed by atoms with Gasteiger partial charge in [-0.25, -0.2) is 4.39 Å². The van der Waals surface area contributed by atoms with Crippen LogP contribution < -0.4 is 10.6 Å². The summed E-state index contributed by atoms with van der Waals surface area (Å²) in [7, 11) is 0. The van der Waals surface area contributed by atoms with Gasteiger partial charge in [-0.05, 0) is 37.0 Å². The van der Waals surface area contributed by atoms with Crippen molar-refractivity contribution in [2.45, 2.75) is 31.8 Å². The number of amides is 1. The molecule has 0 spiro atoms. The van der Waals surface area contributed by atoms with E-state index >= 15 is 0 Å². The van der Waals surface area contributed by atoms with Crippen molar-refractivity contribution in [1.82, 2.24) is 10.6 Å². The molecular formula is C17H17FN2O2. The topological polar surface area (TPSA) is 58.2 Å². The van der Waals surface area contributed by atoms with Gasteiger partial charge in [-0.3, -0.25) is 9.59 Å². The predicted octanol–water partition coefficient (Wildman–Crippen LogP) is 1.98. The third-order valence-electron chi connectivity index (χ3n) is 3.98. The number of rotatable bonds is 3. The molecule has 114 valence electrons. The minimum Gasteiger partial charge on any atom is -0.383 e. The summed E-state index contributed by atoms with van der Waals surface area (Å²) in [5, 5.41) is 5.82. The lowest BCUT2D eigenvalue weighted by molar-refractivity contribution is -0.121. The number of halogens is 1. The van der Waals surface area contributed by atoms with E-state index in [0.29, 0.717) is 5.57 Å². The van der Waals surface area contributed by atoms with Gasteiger partial charge >= 0.3 is 0 Å². The number of fused-ring (bicyclic) bond motifs is 1. The highest BCUT2D eigenvalue weighted by Gasteiger charge is 2.31. The van der Waals surface area contributed by atoms with Crippen molar-refractivity contribution in [1.29, 1.82) is 0 Å². The molecule has 2 N–H and O–H groups in total. The lowest BCUT2D eigenvalue weighted by Crippen LogP contribution is -2.41. The number of Topliss-reactive ketones (excluding diaryl/α,β-unsaturated/α-hetero) is 1. The second kappa shape index (κ2) is 6.13. The van der Waals surface area contributed by atoms with E-state index in [1.54, 1.807) is 12.1 Å². The highest BCUT2D eigenvalue weighted by atomic mass is 19.1. The molecule has 1 atom stereocenters. The highest BCUT2D eigenvalue weighted by molar-refractivity contribution is 6.26. The van der Waals surface area contributed by atoms with Crippen molar-refractivity contribution in [2.75, 3.05) is 0 Å². The summed E-state index contributed by atoms with van der Waals surface area (Å²) in [5.74, 6) is -0.925. The first-order valence-electron chi connectivity index (χ1n) is 7.39. The van der Waals surface area contributed by atoms with Gasteiger partial charge in [-0.15, -0.1) is 0 Å². The molecule has 0 fully saturated rings. The van der Waals surface area contributed by atoms with Gasteiger partial charge in [0.2, 0.25) is 0 Å². The molecule has 1 heterocycles. The number of ketones is 1. The van der Waals surface area contributed by atoms with Crippen molar-refractivity contribution in [3.8, 4) is 0 Å². The smallest absolute Gasteiger partial charge is 0.257 e. The van der Waals surface area contributed by atoms with Crippen molar-refractivity contribution >= 4 is 11.7 Å². The Morgan fingerprint density at radius 2 is 2.09 bits per heavy atom. The van der Waals surface area contributed by atoms with Gasteiger partial charge in [0.05, 0.1) is 6.04 Å². The van der Waals surface area contributed by atoms with Crippen molar-refractivity contribution in [3.63, 3.8) is 0 Å². The van der Waals surface area contributed by atoms with E-state index in [9.17, 15) is 14.0 Å². The largest absolute Gasteiger partial charge is 0.383 e. The number of allylic oxidation sites excluding steroid dienone is 1. The quantitative estimate of drug-likeness (QED) is 0.839. The number of hydrogen-bond acceptors (Lipinski definition) is 3. The lowest BCUT2D eigenvalue weighted by atomic mass is 9.86. The van der Waals surface area contributed by atoms with Crippen LogP contribution in [0.4, 0.5) is 4.39 Å². The van der Waals surface area contributed by atoms with Gasteiger partial charge in [-0.1, -0.05) is 18.2 Å². The third-order valence-corrected chi connectivity index (χ3v) is 3.98. The molecular weight excluding hydrogens is 283 g/mol. The van der Waals surface area contributed by atoms with Gasteiger partial charge in [0.1, 0.15) is 11.4 Å². The highest BCUT2D eigenvalue weighted by Crippen LogP contribution is 2.24. The standard InChI is InChI=1S/C17H17FN2O2/c18-12-7-5-11(6-8-12)9-20-17(22)14-10-19-15-4-2-1-3-13(15)16(14)21/h3,5-8,10,15,19H,1-2,4,9H2,(H,20,22). The van der Waals surface area contributed by atoms with Gasteiger partial charge < -0.3 is 10.6 Å². The van der Waals surface area contributed by atoms with Crippen LogP contribution in [0.3, 0.4) is 0 Å². The van der Waals surface area contributed by atoms with Gasteiger partial charge in [-0.2, -0.15) is 0 Å². The predicted molar refractivity (Wildman–Crippen MR) is 80.2 cm³/mol. The molecule has 5 heteroatoms. The summed E-state index contributed by atoms with van der Waals surface area (Å²) >= 11 is 0. The Hall–Kier alpha value is -2.43. The normalized spacial score (nSPS) is 20.4. The zero-order chi connectivity index (χ0) is 15.5. The zero-order valence-electron chi connectivity index (χ0n) is 12.1. The molecule has 1 unspecified atom stereocenters. The van der Waals surface area contributed by atoms with E-state index in [-0.39, 0.29) is 29.8 Å². The Balaban J connectivity index is 1.66. The van der Waals surface area contributed by atoms with Crippen LogP contribution in [0.5, 0.6) is 0 Å². The Kier molecular flexibility index (Phi) is 4.04. The van der Waals surface area contributed by atoms with Crippen LogP contribution in [0.15, 0.2) is 47.7 Å². The van der Waals surface area contributed by atoms with Gasteiger partial charge in [0, 0.05) is 18.3 Å². The molecule has 1 aromatic carbocycles. The van der Waals surface area contributed by atoms with Crippen LogP contribution in [0, 0.1) is 5.82 Å². The molecule has 0 saturated carbocycles. The fourth-order valence-electron chi connectivity index (χ4n) is 2.75. The first-order chi connectivity index (χ1) is 10.6. The first-order valence-corrected chi connectivity index (χ1v) is 7.39. The molecule has 3 rings (SSSR count). The molecule has 1 amide bonds. The number of carbonyl (C=O) groups excluding carboxylic acids is 2. The Morgan fingerprint density at radius 3 is 2.86 bits per heavy atom. The zero-order valence-corrected chi connectivity index (χ0v) is 12.1. The lowest BCUT2D eigenvalue weighted by Gasteiger charge is -2.28. The van der Waals surface area contributed by atoms with E-state index in [2.05, 4.69) is 10.6 Å². The minimum atomic E-state index is -0.410. The summed E-state index contributed by atoms with van der Waals surface area (Å²) in [5.41, 5.74) is 1.61. The van der Waals surface area contributed by atoms with E-state index in [4.69, 9.17) is 0 Å². The average molecular weight is 300 g/mol. The Morgan fingerprint density at radius 1 is 1.32 bits per heavy atom. The van der Waals surface area contributed by atoms with Crippen molar-refractivity contribution in [3.05, 3.63) is 59.1 Å². The molecule has 0 aromatic heterocycles. The number of nitrogens with one attached hydrogen (secondary N) is 2. The number of hydrogen-bond donors (Lipinski definition) is 2. The van der Waals surface area contributed by atoms with Crippen LogP contribution in [-0.4, -0.2) is 17.7 Å². The molecule has 2 aliphatic rings. The summed E-state index contributed by atoms with van der Waals surface area (Å²) in [6, 6.07) is 5.92. The van der Waals surface area contributed by atoms with Crippen LogP contribution in [-0.2, 0) is 16.1 Å². The maximum atomic E-state index is 12.8. The van der Waals surface area contributed by atoms with Crippen LogP contribution in [0.25, 0.3) is 0 Å². The molecule has 1 aromatic rings. The summed E-state index contributed by atoms with van der Waals surface area (Å²) in [6.45, 7) is 0.256. The Labute approximate surface area is 128 Å². The molecule has 0 saturated heterocycles. The molecule has 0 bridgehead atoms. The average Bonchev–Trinajstić information content (AvgIpc) is 2.55. The molecule has 1 aliphatic heterocycles. The molecule has 0 radical (unpaired) electrons. The molecule has 1 aliphatic carbocycles. The van der Waals surface area contributed by atoms with Crippen molar-refractivity contribution in [2.24, 2.45) is 0 Å². The van der Waals surface area contributed by atoms with Gasteiger partial charge in [0.25, 0.3) is 5.91 Å². The first kappa shape index (κ1) is 14.5. The number of benzene rings is 1. The monoisotopic (exact) mass is 300 g/mol. The maximum absolute atomic E-state index is 12.8. The van der Waals surface area contributed by atoms with Crippen LogP contribution in [0.2, 0.25) is 0 Å². The minimum absolute atomic E-state index is 0.0369. The second-order valence-electron chi connectivity index (χ2n) is 5.51. The fourth-order valence-corrected chi connectivity index (χ4v) is 2.75. The second-order valence-corrected chi connectivity index (χ2v) is 5.51. The third kappa shape index (κ3) is 2.93.